The van der Waals surface area contributed by atoms with E-state index in [9.17, 15) is 18.0 Å². The fourth-order valence-corrected chi connectivity index (χ4v) is 2.39. The number of halogens is 3. The van der Waals surface area contributed by atoms with Crippen LogP contribution in [0, 0.1) is 12.8 Å². The molecule has 2 nitrogen and oxygen atoms in total. The molecule has 0 amide bonds. The second-order valence-electron chi connectivity index (χ2n) is 4.31. The van der Waals surface area contributed by atoms with Gasteiger partial charge in [-0.3, -0.25) is 4.79 Å². The van der Waals surface area contributed by atoms with Crippen molar-refractivity contribution in [1.82, 2.24) is 0 Å². The Bertz CT molecular complexity index is 432. The summed E-state index contributed by atoms with van der Waals surface area (Å²) in [5, 5.41) is 9.04. The van der Waals surface area contributed by atoms with Crippen LogP contribution in [0.3, 0.4) is 0 Å². The van der Waals surface area contributed by atoms with E-state index >= 15 is 0 Å². The minimum absolute atomic E-state index is 0.00739. The molecule has 1 atom stereocenters. The largest absolute Gasteiger partial charge is 0.481 e. The summed E-state index contributed by atoms with van der Waals surface area (Å²) in [4.78, 5) is 11.1. The maximum atomic E-state index is 12.0. The summed E-state index contributed by atoms with van der Waals surface area (Å²) in [6.07, 6.45) is 0.267. The van der Waals surface area contributed by atoms with Crippen molar-refractivity contribution >= 4 is 17.7 Å². The number of aryl methyl sites for hydroxylation is 1. The summed E-state index contributed by atoms with van der Waals surface area (Å²) >= 11 is -0.170. The van der Waals surface area contributed by atoms with Crippen molar-refractivity contribution in [2.45, 2.75) is 25.3 Å². The van der Waals surface area contributed by atoms with Crippen LogP contribution in [0.2, 0.25) is 0 Å². The maximum Gasteiger partial charge on any atom is 0.441 e. The fraction of sp³-hybridized carbons (Fsp3) is 0.462. The Morgan fingerprint density at radius 3 is 2.63 bits per heavy atom. The Morgan fingerprint density at radius 2 is 2.11 bits per heavy atom. The second-order valence-corrected chi connectivity index (χ2v) is 5.47. The SMILES string of the molecule is Cc1cccc(CC(CCSC(F)(F)F)C(=O)O)c1. The predicted molar refractivity (Wildman–Crippen MR) is 69.1 cm³/mol. The molecule has 0 saturated heterocycles. The molecule has 0 bridgehead atoms. The van der Waals surface area contributed by atoms with Crippen molar-refractivity contribution in [3.63, 3.8) is 0 Å². The summed E-state index contributed by atoms with van der Waals surface area (Å²) in [5.41, 5.74) is -2.46. The van der Waals surface area contributed by atoms with Crippen molar-refractivity contribution in [1.29, 1.82) is 0 Å². The Hall–Kier alpha value is -1.17. The Morgan fingerprint density at radius 1 is 1.42 bits per heavy atom. The molecule has 0 radical (unpaired) electrons. The number of benzene rings is 1. The van der Waals surface area contributed by atoms with Gasteiger partial charge in [0.05, 0.1) is 5.92 Å². The third-order valence-electron chi connectivity index (χ3n) is 2.65. The lowest BCUT2D eigenvalue weighted by Crippen LogP contribution is -2.18. The number of carboxylic acids is 1. The van der Waals surface area contributed by atoms with Gasteiger partial charge in [-0.05, 0) is 25.3 Å². The summed E-state index contributed by atoms with van der Waals surface area (Å²) in [5.74, 6) is -2.06. The van der Waals surface area contributed by atoms with Gasteiger partial charge in [0.25, 0.3) is 0 Å². The molecule has 1 rings (SSSR count). The van der Waals surface area contributed by atoms with Crippen LogP contribution in [-0.2, 0) is 11.2 Å². The number of rotatable bonds is 6. The van der Waals surface area contributed by atoms with E-state index in [-0.39, 0.29) is 30.4 Å². The molecule has 0 heterocycles. The number of alkyl halides is 3. The summed E-state index contributed by atoms with van der Waals surface area (Å²) < 4.78 is 36.0. The highest BCUT2D eigenvalue weighted by molar-refractivity contribution is 8.00. The van der Waals surface area contributed by atoms with Gasteiger partial charge in [0.15, 0.2) is 0 Å². The van der Waals surface area contributed by atoms with Crippen molar-refractivity contribution in [3.05, 3.63) is 35.4 Å². The first-order valence-electron chi connectivity index (χ1n) is 5.77. The van der Waals surface area contributed by atoms with Crippen LogP contribution in [0.4, 0.5) is 13.2 Å². The van der Waals surface area contributed by atoms with Gasteiger partial charge in [0.1, 0.15) is 0 Å². The standard InChI is InChI=1S/C13H15F3O2S/c1-9-3-2-4-10(7-9)8-11(12(17)18)5-6-19-13(14,15)16/h2-4,7,11H,5-6,8H2,1H3,(H,17,18). The molecular weight excluding hydrogens is 277 g/mol. The molecular formula is C13H15F3O2S. The van der Waals surface area contributed by atoms with Crippen LogP contribution in [0.15, 0.2) is 24.3 Å². The van der Waals surface area contributed by atoms with Crippen molar-refractivity contribution < 1.29 is 23.1 Å². The topological polar surface area (TPSA) is 37.3 Å². The number of carbonyl (C=O) groups is 1. The van der Waals surface area contributed by atoms with Gasteiger partial charge >= 0.3 is 11.5 Å². The van der Waals surface area contributed by atoms with E-state index in [0.29, 0.717) is 0 Å². The van der Waals surface area contributed by atoms with E-state index < -0.39 is 17.4 Å². The second kappa shape index (κ2) is 6.84. The molecule has 1 aromatic rings. The lowest BCUT2D eigenvalue weighted by Gasteiger charge is -2.13. The number of aliphatic carboxylic acids is 1. The first kappa shape index (κ1) is 15.9. The van der Waals surface area contributed by atoms with Gasteiger partial charge in [-0.1, -0.05) is 41.6 Å². The summed E-state index contributed by atoms with van der Waals surface area (Å²) in [6.45, 7) is 1.89. The van der Waals surface area contributed by atoms with E-state index in [0.717, 1.165) is 11.1 Å². The van der Waals surface area contributed by atoms with Crippen LogP contribution >= 0.6 is 11.8 Å². The summed E-state index contributed by atoms with van der Waals surface area (Å²) in [6, 6.07) is 7.35. The van der Waals surface area contributed by atoms with Crippen LogP contribution < -0.4 is 0 Å². The monoisotopic (exact) mass is 292 g/mol. The van der Waals surface area contributed by atoms with Gasteiger partial charge in [-0.15, -0.1) is 0 Å². The molecule has 0 aliphatic heterocycles. The third kappa shape index (κ3) is 6.52. The smallest absolute Gasteiger partial charge is 0.441 e. The van der Waals surface area contributed by atoms with Crippen LogP contribution in [0.25, 0.3) is 0 Å². The zero-order valence-corrected chi connectivity index (χ0v) is 11.2. The fourth-order valence-electron chi connectivity index (χ4n) is 1.75. The third-order valence-corrected chi connectivity index (χ3v) is 3.41. The summed E-state index contributed by atoms with van der Waals surface area (Å²) in [7, 11) is 0. The lowest BCUT2D eigenvalue weighted by atomic mass is 9.96. The molecule has 0 aliphatic carbocycles. The quantitative estimate of drug-likeness (QED) is 0.864. The van der Waals surface area contributed by atoms with E-state index in [1.807, 2.05) is 25.1 Å². The van der Waals surface area contributed by atoms with Gasteiger partial charge < -0.3 is 5.11 Å². The molecule has 0 fully saturated rings. The molecule has 0 aromatic heterocycles. The lowest BCUT2D eigenvalue weighted by molar-refractivity contribution is -0.141. The molecule has 0 spiro atoms. The average Bonchev–Trinajstić information content (AvgIpc) is 2.26. The maximum absolute atomic E-state index is 12.0. The predicted octanol–water partition coefficient (Wildman–Crippen LogP) is 3.88. The highest BCUT2D eigenvalue weighted by atomic mass is 32.2. The van der Waals surface area contributed by atoms with Gasteiger partial charge in [0.2, 0.25) is 0 Å². The number of thioether (sulfide) groups is 1. The highest BCUT2D eigenvalue weighted by Gasteiger charge is 2.29. The molecule has 106 valence electrons. The number of carboxylic acid groups (broad SMARTS) is 1. The normalized spacial score (nSPS) is 13.3. The Labute approximate surface area is 114 Å². The molecule has 19 heavy (non-hydrogen) atoms. The number of hydrogen-bond acceptors (Lipinski definition) is 2. The average molecular weight is 292 g/mol. The van der Waals surface area contributed by atoms with Gasteiger partial charge in [0, 0.05) is 5.75 Å². The van der Waals surface area contributed by atoms with Crippen LogP contribution in [0.1, 0.15) is 17.5 Å². The van der Waals surface area contributed by atoms with E-state index in [1.54, 1.807) is 6.07 Å². The first-order chi connectivity index (χ1) is 8.78. The van der Waals surface area contributed by atoms with Crippen molar-refractivity contribution in [2.24, 2.45) is 5.92 Å². The minimum Gasteiger partial charge on any atom is -0.481 e. The zero-order valence-electron chi connectivity index (χ0n) is 10.4. The molecule has 1 aromatic carbocycles. The van der Waals surface area contributed by atoms with Crippen molar-refractivity contribution in [2.75, 3.05) is 5.75 Å². The molecule has 1 unspecified atom stereocenters. The highest BCUT2D eigenvalue weighted by Crippen LogP contribution is 2.31. The van der Waals surface area contributed by atoms with Crippen molar-refractivity contribution in [3.8, 4) is 0 Å². The van der Waals surface area contributed by atoms with Gasteiger partial charge in [-0.25, -0.2) is 0 Å². The molecule has 1 N–H and O–H groups in total. The van der Waals surface area contributed by atoms with E-state index in [2.05, 4.69) is 0 Å². The molecule has 0 saturated carbocycles. The zero-order chi connectivity index (χ0) is 14.5. The minimum atomic E-state index is -4.30. The first-order valence-corrected chi connectivity index (χ1v) is 6.75. The molecule has 6 heteroatoms. The van der Waals surface area contributed by atoms with Gasteiger partial charge in [-0.2, -0.15) is 13.2 Å². The Balaban J connectivity index is 2.56. The van der Waals surface area contributed by atoms with Crippen LogP contribution in [0.5, 0.6) is 0 Å². The number of hydrogen-bond donors (Lipinski definition) is 1. The molecule has 0 aliphatic rings. The van der Waals surface area contributed by atoms with E-state index in [1.165, 1.54) is 0 Å². The Kier molecular flexibility index (Phi) is 5.72. The van der Waals surface area contributed by atoms with Crippen LogP contribution in [-0.4, -0.2) is 22.3 Å². The van der Waals surface area contributed by atoms with E-state index in [4.69, 9.17) is 5.11 Å².